The van der Waals surface area contributed by atoms with Crippen LogP contribution in [0.5, 0.6) is 0 Å². The summed E-state index contributed by atoms with van der Waals surface area (Å²) in [6, 6.07) is 22.9. The van der Waals surface area contributed by atoms with Crippen LogP contribution in [0.2, 0.25) is 0 Å². The fourth-order valence-electron chi connectivity index (χ4n) is 3.85. The first kappa shape index (κ1) is 15.8. The lowest BCUT2D eigenvalue weighted by Gasteiger charge is -2.32. The minimum absolute atomic E-state index is 0.0916. The molecule has 0 atom stereocenters. The van der Waals surface area contributed by atoms with Crippen LogP contribution in [0, 0.1) is 11.3 Å². The first-order valence-electron chi connectivity index (χ1n) is 8.50. The van der Waals surface area contributed by atoms with E-state index in [0.29, 0.717) is 0 Å². The zero-order chi connectivity index (χ0) is 16.2. The molecular weight excluding hydrogens is 280 g/mol. The molecule has 1 saturated carbocycles. The van der Waals surface area contributed by atoms with E-state index in [9.17, 15) is 5.26 Å². The maximum atomic E-state index is 10.2. The lowest BCUT2D eigenvalue weighted by atomic mass is 9.70. The number of rotatable bonds is 5. The Balaban J connectivity index is 1.98. The predicted octanol–water partition coefficient (Wildman–Crippen LogP) is 4.55. The van der Waals surface area contributed by atoms with E-state index in [1.807, 2.05) is 36.4 Å². The van der Waals surface area contributed by atoms with Gasteiger partial charge in [0, 0.05) is 5.54 Å². The summed E-state index contributed by atoms with van der Waals surface area (Å²) in [5.41, 5.74) is 7.99. The smallest absolute Gasteiger partial charge is 0.107 e. The van der Waals surface area contributed by atoms with Gasteiger partial charge in [0.15, 0.2) is 0 Å². The SMILES string of the molecule is N#CC(CCC1(N)CCCC1)(c1ccccc1)c1ccccc1. The summed E-state index contributed by atoms with van der Waals surface area (Å²) in [7, 11) is 0. The molecule has 0 amide bonds. The van der Waals surface area contributed by atoms with Crippen LogP contribution in [0.25, 0.3) is 0 Å². The van der Waals surface area contributed by atoms with E-state index in [1.54, 1.807) is 0 Å². The third-order valence-electron chi connectivity index (χ3n) is 5.32. The van der Waals surface area contributed by atoms with E-state index in [-0.39, 0.29) is 5.54 Å². The molecule has 1 aliphatic carbocycles. The monoisotopic (exact) mass is 304 g/mol. The number of benzene rings is 2. The van der Waals surface area contributed by atoms with Crippen LogP contribution in [0.3, 0.4) is 0 Å². The minimum atomic E-state index is -0.614. The van der Waals surface area contributed by atoms with Gasteiger partial charge < -0.3 is 5.73 Å². The largest absolute Gasteiger partial charge is 0.325 e. The third-order valence-corrected chi connectivity index (χ3v) is 5.32. The normalized spacial score (nSPS) is 16.9. The Morgan fingerprint density at radius 3 is 1.83 bits per heavy atom. The van der Waals surface area contributed by atoms with Crippen LogP contribution in [0.1, 0.15) is 49.7 Å². The van der Waals surface area contributed by atoms with Crippen LogP contribution < -0.4 is 5.73 Å². The quantitative estimate of drug-likeness (QED) is 0.881. The Bertz CT molecular complexity index is 624. The summed E-state index contributed by atoms with van der Waals surface area (Å²) < 4.78 is 0. The molecule has 0 bridgehead atoms. The second kappa shape index (κ2) is 6.56. The van der Waals surface area contributed by atoms with Gasteiger partial charge in [0.2, 0.25) is 0 Å². The lowest BCUT2D eigenvalue weighted by molar-refractivity contribution is 0.366. The number of hydrogen-bond donors (Lipinski definition) is 1. The summed E-state index contributed by atoms with van der Waals surface area (Å²) in [6.07, 6.45) is 6.26. The van der Waals surface area contributed by atoms with E-state index in [1.165, 1.54) is 12.8 Å². The van der Waals surface area contributed by atoms with Gasteiger partial charge in [-0.15, -0.1) is 0 Å². The Morgan fingerprint density at radius 2 is 1.39 bits per heavy atom. The van der Waals surface area contributed by atoms with Crippen LogP contribution in [0.15, 0.2) is 60.7 Å². The molecule has 2 aromatic carbocycles. The number of nitriles is 1. The van der Waals surface area contributed by atoms with Crippen molar-refractivity contribution in [3.8, 4) is 6.07 Å². The highest BCUT2D eigenvalue weighted by molar-refractivity contribution is 5.45. The molecule has 23 heavy (non-hydrogen) atoms. The first-order chi connectivity index (χ1) is 11.2. The highest BCUT2D eigenvalue weighted by Crippen LogP contribution is 2.40. The lowest BCUT2D eigenvalue weighted by Crippen LogP contribution is -2.39. The Kier molecular flexibility index (Phi) is 4.50. The third kappa shape index (κ3) is 3.16. The molecule has 2 N–H and O–H groups in total. The molecule has 0 radical (unpaired) electrons. The van der Waals surface area contributed by atoms with Gasteiger partial charge >= 0.3 is 0 Å². The van der Waals surface area contributed by atoms with Gasteiger partial charge in [-0.1, -0.05) is 73.5 Å². The first-order valence-corrected chi connectivity index (χ1v) is 8.50. The standard InChI is InChI=1S/C21H24N2/c22-17-21(18-9-3-1-4-10-18,19-11-5-2-6-12-19)16-15-20(23)13-7-8-14-20/h1-6,9-12H,7-8,13-16,23H2. The fourth-order valence-corrected chi connectivity index (χ4v) is 3.85. The molecule has 0 heterocycles. The molecule has 0 aliphatic heterocycles. The van der Waals surface area contributed by atoms with E-state index in [4.69, 9.17) is 5.73 Å². The van der Waals surface area contributed by atoms with Crippen molar-refractivity contribution in [1.82, 2.24) is 0 Å². The molecule has 2 heteroatoms. The minimum Gasteiger partial charge on any atom is -0.325 e. The van der Waals surface area contributed by atoms with Crippen molar-refractivity contribution in [2.75, 3.05) is 0 Å². The highest BCUT2D eigenvalue weighted by Gasteiger charge is 2.38. The molecule has 0 aromatic heterocycles. The summed E-state index contributed by atoms with van der Waals surface area (Å²) >= 11 is 0. The average Bonchev–Trinajstić information content (AvgIpc) is 3.05. The molecule has 0 spiro atoms. The van der Waals surface area contributed by atoms with Crippen LogP contribution in [0.4, 0.5) is 0 Å². The van der Waals surface area contributed by atoms with E-state index in [0.717, 1.165) is 36.8 Å². The van der Waals surface area contributed by atoms with Crippen LogP contribution in [-0.4, -0.2) is 5.54 Å². The zero-order valence-electron chi connectivity index (χ0n) is 13.5. The predicted molar refractivity (Wildman–Crippen MR) is 93.9 cm³/mol. The van der Waals surface area contributed by atoms with Crippen LogP contribution >= 0.6 is 0 Å². The Morgan fingerprint density at radius 1 is 0.913 bits per heavy atom. The summed E-state index contributed by atoms with van der Waals surface area (Å²) in [5.74, 6) is 0. The molecule has 0 saturated heterocycles. The number of hydrogen-bond acceptors (Lipinski definition) is 2. The topological polar surface area (TPSA) is 49.8 Å². The van der Waals surface area contributed by atoms with Gasteiger partial charge in [-0.25, -0.2) is 0 Å². The van der Waals surface area contributed by atoms with Crippen molar-refractivity contribution in [1.29, 1.82) is 5.26 Å². The van der Waals surface area contributed by atoms with E-state index < -0.39 is 5.41 Å². The second-order valence-electron chi connectivity index (χ2n) is 6.82. The van der Waals surface area contributed by atoms with Crippen molar-refractivity contribution >= 4 is 0 Å². The number of nitrogens with zero attached hydrogens (tertiary/aromatic N) is 1. The van der Waals surface area contributed by atoms with Gasteiger partial charge in [0.1, 0.15) is 5.41 Å². The van der Waals surface area contributed by atoms with Gasteiger partial charge in [0.25, 0.3) is 0 Å². The van der Waals surface area contributed by atoms with Crippen molar-refractivity contribution in [2.45, 2.75) is 49.5 Å². The highest BCUT2D eigenvalue weighted by atomic mass is 14.7. The molecule has 3 rings (SSSR count). The van der Waals surface area contributed by atoms with Crippen molar-refractivity contribution in [3.63, 3.8) is 0 Å². The molecule has 1 aliphatic rings. The molecule has 2 aromatic rings. The average molecular weight is 304 g/mol. The van der Waals surface area contributed by atoms with E-state index >= 15 is 0 Å². The molecule has 2 nitrogen and oxygen atoms in total. The molecule has 0 unspecified atom stereocenters. The molecule has 1 fully saturated rings. The maximum Gasteiger partial charge on any atom is 0.107 e. The fraction of sp³-hybridized carbons (Fsp3) is 0.381. The van der Waals surface area contributed by atoms with Crippen LogP contribution in [-0.2, 0) is 5.41 Å². The van der Waals surface area contributed by atoms with Crippen molar-refractivity contribution in [2.24, 2.45) is 5.73 Å². The van der Waals surface area contributed by atoms with Gasteiger partial charge in [-0.3, -0.25) is 0 Å². The maximum absolute atomic E-state index is 10.2. The summed E-state index contributed by atoms with van der Waals surface area (Å²) in [5, 5.41) is 10.2. The second-order valence-corrected chi connectivity index (χ2v) is 6.82. The van der Waals surface area contributed by atoms with Gasteiger partial charge in [0.05, 0.1) is 6.07 Å². The number of nitrogens with two attached hydrogens (primary N) is 1. The van der Waals surface area contributed by atoms with E-state index in [2.05, 4.69) is 30.3 Å². The van der Waals surface area contributed by atoms with Gasteiger partial charge in [-0.2, -0.15) is 5.26 Å². The van der Waals surface area contributed by atoms with Gasteiger partial charge in [-0.05, 0) is 36.8 Å². The van der Waals surface area contributed by atoms with Crippen molar-refractivity contribution in [3.05, 3.63) is 71.8 Å². The molecule has 118 valence electrons. The van der Waals surface area contributed by atoms with Crippen molar-refractivity contribution < 1.29 is 0 Å². The Labute approximate surface area is 138 Å². The summed E-state index contributed by atoms with van der Waals surface area (Å²) in [6.45, 7) is 0. The molecular formula is C21H24N2. The zero-order valence-corrected chi connectivity index (χ0v) is 13.5. The Hall–Kier alpha value is -2.11. The summed E-state index contributed by atoms with van der Waals surface area (Å²) in [4.78, 5) is 0.